The molecule has 2 heterocycles. The van der Waals surface area contributed by atoms with Crippen LogP contribution in [-0.4, -0.2) is 27.5 Å². The highest BCUT2D eigenvalue weighted by molar-refractivity contribution is 5.78. The summed E-state index contributed by atoms with van der Waals surface area (Å²) in [6, 6.07) is 4.59. The first-order valence-electron chi connectivity index (χ1n) is 6.72. The summed E-state index contributed by atoms with van der Waals surface area (Å²) in [6.07, 6.45) is -4.46. The summed E-state index contributed by atoms with van der Waals surface area (Å²) in [5.74, 6) is 0.689. The Kier molecular flexibility index (Phi) is 3.87. The van der Waals surface area contributed by atoms with Crippen LogP contribution in [0.15, 0.2) is 24.3 Å². The van der Waals surface area contributed by atoms with Crippen LogP contribution in [0.5, 0.6) is 11.5 Å². The predicted molar refractivity (Wildman–Crippen MR) is 78.4 cm³/mol. The molecule has 1 aromatic carbocycles. The lowest BCUT2D eigenvalue weighted by atomic mass is 10.1. The number of nitrogens with zero attached hydrogens (tertiary/aromatic N) is 3. The Morgan fingerprint density at radius 1 is 1.17 bits per heavy atom. The number of pyridine rings is 1. The number of aromatic nitrogens is 4. The number of nitrogens with two attached hydrogens (primary N) is 1. The number of alkyl halides is 3. The molecule has 0 aliphatic heterocycles. The van der Waals surface area contributed by atoms with Gasteiger partial charge in [0.2, 0.25) is 5.65 Å². The Bertz CT molecular complexity index is 878. The van der Waals surface area contributed by atoms with Crippen molar-refractivity contribution in [3.8, 4) is 11.5 Å². The Hall–Kier alpha value is -3.04. The maximum atomic E-state index is 12.9. The maximum Gasteiger partial charge on any atom is 0.416 e. The van der Waals surface area contributed by atoms with Gasteiger partial charge in [0.1, 0.15) is 18.2 Å². The van der Waals surface area contributed by atoms with Crippen LogP contribution in [0.25, 0.3) is 11.2 Å². The first-order valence-corrected chi connectivity index (χ1v) is 6.72. The second-order valence-electron chi connectivity index (χ2n) is 4.85. The van der Waals surface area contributed by atoms with Crippen molar-refractivity contribution in [1.29, 1.82) is 0 Å². The van der Waals surface area contributed by atoms with E-state index in [-0.39, 0.29) is 35.1 Å². The molecule has 3 aromatic rings. The molecule has 0 spiro atoms. The third-order valence-electron chi connectivity index (χ3n) is 3.27. The minimum atomic E-state index is -4.46. The molecule has 3 N–H and O–H groups in total. The Morgan fingerprint density at radius 2 is 1.96 bits per heavy atom. The summed E-state index contributed by atoms with van der Waals surface area (Å²) in [6.45, 7) is -0.168. The number of aromatic amines is 1. The van der Waals surface area contributed by atoms with Crippen molar-refractivity contribution in [2.24, 2.45) is 0 Å². The zero-order chi connectivity index (χ0) is 17.3. The average molecular weight is 339 g/mol. The molecular weight excluding hydrogens is 327 g/mol. The number of methoxy groups -OCH3 is 1. The van der Waals surface area contributed by atoms with Gasteiger partial charge in [-0.3, -0.25) is 0 Å². The van der Waals surface area contributed by atoms with Gasteiger partial charge in [-0.25, -0.2) is 4.98 Å². The van der Waals surface area contributed by atoms with E-state index in [4.69, 9.17) is 15.2 Å². The lowest BCUT2D eigenvalue weighted by Gasteiger charge is -2.13. The van der Waals surface area contributed by atoms with Crippen LogP contribution >= 0.6 is 0 Å². The van der Waals surface area contributed by atoms with Gasteiger partial charge in [0.15, 0.2) is 11.3 Å². The van der Waals surface area contributed by atoms with Crippen LogP contribution in [0.2, 0.25) is 0 Å². The maximum absolute atomic E-state index is 12.9. The number of H-pyrrole nitrogens is 1. The number of fused-ring (bicyclic) bond motifs is 1. The van der Waals surface area contributed by atoms with Gasteiger partial charge in [-0.1, -0.05) is 0 Å². The molecule has 0 radical (unpaired) electrons. The Labute approximate surface area is 133 Å². The summed E-state index contributed by atoms with van der Waals surface area (Å²) in [5, 5.41) is 10.1. The van der Waals surface area contributed by atoms with E-state index < -0.39 is 11.7 Å². The summed E-state index contributed by atoms with van der Waals surface area (Å²) < 4.78 is 49.2. The number of halogens is 3. The smallest absolute Gasteiger partial charge is 0.416 e. The highest BCUT2D eigenvalue weighted by Gasteiger charge is 2.31. The molecule has 10 heteroatoms. The molecule has 2 aromatic heterocycles. The van der Waals surface area contributed by atoms with Crippen molar-refractivity contribution in [2.45, 2.75) is 12.8 Å². The fraction of sp³-hybridized carbons (Fsp3) is 0.214. The number of rotatable bonds is 4. The summed E-state index contributed by atoms with van der Waals surface area (Å²) in [4.78, 5) is 3.95. The van der Waals surface area contributed by atoms with Crippen LogP contribution in [0.3, 0.4) is 0 Å². The molecule has 0 unspecified atom stereocenters. The second kappa shape index (κ2) is 5.87. The van der Waals surface area contributed by atoms with E-state index in [1.165, 1.54) is 19.2 Å². The van der Waals surface area contributed by atoms with Gasteiger partial charge >= 0.3 is 6.18 Å². The number of benzene rings is 1. The molecule has 0 aliphatic rings. The van der Waals surface area contributed by atoms with Crippen molar-refractivity contribution >= 4 is 17.0 Å². The normalized spacial score (nSPS) is 11.7. The van der Waals surface area contributed by atoms with Gasteiger partial charge in [0, 0.05) is 11.6 Å². The molecule has 0 bridgehead atoms. The van der Waals surface area contributed by atoms with E-state index in [0.29, 0.717) is 5.52 Å². The lowest BCUT2D eigenvalue weighted by molar-refractivity contribution is -0.137. The van der Waals surface area contributed by atoms with Crippen molar-refractivity contribution in [1.82, 2.24) is 20.4 Å². The van der Waals surface area contributed by atoms with Gasteiger partial charge in [0.25, 0.3) is 0 Å². The molecule has 0 saturated carbocycles. The van der Waals surface area contributed by atoms with Crippen LogP contribution < -0.4 is 15.2 Å². The molecular formula is C14H12F3N5O2. The van der Waals surface area contributed by atoms with Crippen molar-refractivity contribution in [2.75, 3.05) is 12.8 Å². The Balaban J connectivity index is 1.91. The van der Waals surface area contributed by atoms with Crippen molar-refractivity contribution in [3.63, 3.8) is 0 Å². The largest absolute Gasteiger partial charge is 0.496 e. The van der Waals surface area contributed by atoms with Gasteiger partial charge < -0.3 is 15.2 Å². The minimum Gasteiger partial charge on any atom is -0.496 e. The van der Waals surface area contributed by atoms with Gasteiger partial charge in [-0.15, -0.1) is 5.10 Å². The molecule has 126 valence electrons. The number of anilines is 1. The molecule has 0 amide bonds. The van der Waals surface area contributed by atoms with E-state index in [1.54, 1.807) is 0 Å². The molecule has 0 aliphatic carbocycles. The lowest BCUT2D eigenvalue weighted by Crippen LogP contribution is -2.07. The number of nitrogens with one attached hydrogen (secondary N) is 1. The van der Waals surface area contributed by atoms with Gasteiger partial charge in [-0.05, 0) is 18.2 Å². The molecule has 24 heavy (non-hydrogen) atoms. The first-order chi connectivity index (χ1) is 11.4. The highest BCUT2D eigenvalue weighted by atomic mass is 19.4. The standard InChI is InChI=1S/C14H12F3N5O2/c1-23-9-3-2-8(14(15,16)17)4-7(9)6-24-10-5-11(18)19-13-12(10)20-22-21-13/h2-5H,6H2,1H3,(H3,18,19,20,21,22). The average Bonchev–Trinajstić information content (AvgIpc) is 2.99. The Morgan fingerprint density at radius 3 is 2.67 bits per heavy atom. The zero-order valence-corrected chi connectivity index (χ0v) is 12.4. The minimum absolute atomic E-state index is 0.155. The third-order valence-corrected chi connectivity index (χ3v) is 3.27. The SMILES string of the molecule is COc1ccc(C(F)(F)F)cc1COc1cc(N)nc2n[nH]nc12. The molecule has 7 nitrogen and oxygen atoms in total. The predicted octanol–water partition coefficient (Wildman–Crippen LogP) is 2.54. The summed E-state index contributed by atoms with van der Waals surface area (Å²) in [7, 11) is 1.37. The van der Waals surface area contributed by atoms with Crippen LogP contribution in [0, 0.1) is 0 Å². The van der Waals surface area contributed by atoms with Gasteiger partial charge in [-0.2, -0.15) is 23.5 Å². The molecule has 0 fully saturated rings. The highest BCUT2D eigenvalue weighted by Crippen LogP contribution is 2.33. The zero-order valence-electron chi connectivity index (χ0n) is 12.4. The fourth-order valence-electron chi connectivity index (χ4n) is 2.16. The molecule has 0 atom stereocenters. The van der Waals surface area contributed by atoms with E-state index in [9.17, 15) is 13.2 Å². The summed E-state index contributed by atoms with van der Waals surface area (Å²) >= 11 is 0. The number of ether oxygens (including phenoxy) is 2. The van der Waals surface area contributed by atoms with Crippen LogP contribution in [0.1, 0.15) is 11.1 Å². The van der Waals surface area contributed by atoms with E-state index in [1.807, 2.05) is 0 Å². The van der Waals surface area contributed by atoms with Crippen molar-refractivity contribution < 1.29 is 22.6 Å². The number of hydrogen-bond donors (Lipinski definition) is 2. The second-order valence-corrected chi connectivity index (χ2v) is 4.85. The van der Waals surface area contributed by atoms with Crippen molar-refractivity contribution in [3.05, 3.63) is 35.4 Å². The fourth-order valence-corrected chi connectivity index (χ4v) is 2.16. The number of nitrogen functional groups attached to an aromatic ring is 1. The first kappa shape index (κ1) is 15.8. The monoisotopic (exact) mass is 339 g/mol. The summed E-state index contributed by atoms with van der Waals surface area (Å²) in [5.41, 5.74) is 5.67. The molecule has 3 rings (SSSR count). The van der Waals surface area contributed by atoms with Crippen LogP contribution in [0.4, 0.5) is 19.0 Å². The van der Waals surface area contributed by atoms with E-state index in [2.05, 4.69) is 20.4 Å². The molecule has 0 saturated heterocycles. The van der Waals surface area contributed by atoms with Gasteiger partial charge in [0.05, 0.1) is 12.7 Å². The quantitative estimate of drug-likeness (QED) is 0.758. The van der Waals surface area contributed by atoms with E-state index in [0.717, 1.165) is 12.1 Å². The number of hydrogen-bond acceptors (Lipinski definition) is 6. The topological polar surface area (TPSA) is 98.9 Å². The third kappa shape index (κ3) is 3.03. The van der Waals surface area contributed by atoms with Crippen LogP contribution in [-0.2, 0) is 12.8 Å². The van der Waals surface area contributed by atoms with E-state index >= 15 is 0 Å².